The second-order valence-corrected chi connectivity index (χ2v) is 10.7. The summed E-state index contributed by atoms with van der Waals surface area (Å²) >= 11 is 0.753. The molecule has 1 aromatic carbocycles. The fourth-order valence-corrected chi connectivity index (χ4v) is 5.78. The van der Waals surface area contributed by atoms with E-state index in [2.05, 4.69) is 14.7 Å². The molecule has 3 rings (SSSR count). The molecule has 0 unspecified atom stereocenters. The van der Waals surface area contributed by atoms with Crippen molar-refractivity contribution < 1.29 is 17.9 Å². The summed E-state index contributed by atoms with van der Waals surface area (Å²) in [6, 6.07) is 11.3. The highest BCUT2D eigenvalue weighted by Crippen LogP contribution is 2.25. The molecule has 3 aromatic rings. The summed E-state index contributed by atoms with van der Waals surface area (Å²) in [5.74, 6) is -0.131. The Hall–Kier alpha value is -3.49. The van der Waals surface area contributed by atoms with Crippen LogP contribution in [0.5, 0.6) is 5.75 Å². The molecule has 0 bridgehead atoms. The van der Waals surface area contributed by atoms with Crippen molar-refractivity contribution in [3.05, 3.63) is 52.9 Å². The third kappa shape index (κ3) is 5.52. The van der Waals surface area contributed by atoms with Crippen LogP contribution in [0.4, 0.5) is 5.13 Å². The second kappa shape index (κ2) is 10.2. The van der Waals surface area contributed by atoms with Crippen molar-refractivity contribution in [1.29, 1.82) is 5.26 Å². The molecule has 9 nitrogen and oxygen atoms in total. The number of carbonyl (C=O) groups is 1. The van der Waals surface area contributed by atoms with Crippen molar-refractivity contribution >= 4 is 38.5 Å². The number of ether oxygens (including phenoxy) is 1. The van der Waals surface area contributed by atoms with Gasteiger partial charge >= 0.3 is 0 Å². The minimum Gasteiger partial charge on any atom is -0.497 e. The summed E-state index contributed by atoms with van der Waals surface area (Å²) in [4.78, 5) is 16.6. The first-order valence-electron chi connectivity index (χ1n) is 10.4. The molecule has 0 saturated heterocycles. The van der Waals surface area contributed by atoms with Crippen LogP contribution in [0.15, 0.2) is 41.1 Å². The van der Waals surface area contributed by atoms with Crippen LogP contribution in [0.25, 0.3) is 11.8 Å². The van der Waals surface area contributed by atoms with Gasteiger partial charge in [0.15, 0.2) is 0 Å². The molecule has 0 saturated carbocycles. The summed E-state index contributed by atoms with van der Waals surface area (Å²) in [5.41, 5.74) is 3.26. The van der Waals surface area contributed by atoms with Crippen LogP contribution in [0.1, 0.15) is 30.8 Å². The monoisotopic (exact) mass is 499 g/mol. The van der Waals surface area contributed by atoms with Gasteiger partial charge in [0.05, 0.1) is 12.9 Å². The van der Waals surface area contributed by atoms with E-state index >= 15 is 0 Å². The van der Waals surface area contributed by atoms with E-state index in [1.807, 2.05) is 54.8 Å². The predicted octanol–water partition coefficient (Wildman–Crippen LogP) is 3.93. The Labute approximate surface area is 202 Å². The molecule has 2 aromatic heterocycles. The molecule has 0 fully saturated rings. The molecule has 2 heterocycles. The first kappa shape index (κ1) is 25.1. The van der Waals surface area contributed by atoms with E-state index in [4.69, 9.17) is 4.74 Å². The zero-order valence-corrected chi connectivity index (χ0v) is 21.1. The van der Waals surface area contributed by atoms with Crippen LogP contribution in [-0.2, 0) is 14.6 Å². The number of rotatable bonds is 8. The molecule has 11 heteroatoms. The van der Waals surface area contributed by atoms with Crippen molar-refractivity contribution in [1.82, 2.24) is 13.9 Å². The number of benzene rings is 1. The molecule has 1 N–H and O–H groups in total. The number of aromatic nitrogens is 3. The Morgan fingerprint density at radius 2 is 1.97 bits per heavy atom. The number of anilines is 1. The molecular formula is C23H25N5O4S2. The molecule has 0 aliphatic rings. The Morgan fingerprint density at radius 1 is 1.29 bits per heavy atom. The van der Waals surface area contributed by atoms with Gasteiger partial charge in [0.2, 0.25) is 15.0 Å². The van der Waals surface area contributed by atoms with E-state index in [-0.39, 0.29) is 27.5 Å². The number of hydrogen-bond acceptors (Lipinski definition) is 8. The van der Waals surface area contributed by atoms with Gasteiger partial charge in [0, 0.05) is 28.6 Å². The van der Waals surface area contributed by atoms with E-state index in [0.29, 0.717) is 5.56 Å². The van der Waals surface area contributed by atoms with E-state index in [9.17, 15) is 18.5 Å². The summed E-state index contributed by atoms with van der Waals surface area (Å²) in [6.07, 6.45) is 1.50. The Morgan fingerprint density at radius 3 is 2.56 bits per heavy atom. The quantitative estimate of drug-likeness (QED) is 0.367. The number of methoxy groups -OCH3 is 1. The lowest BCUT2D eigenvalue weighted by Crippen LogP contribution is -2.15. The zero-order chi connectivity index (χ0) is 25.0. The molecule has 34 heavy (non-hydrogen) atoms. The second-order valence-electron chi connectivity index (χ2n) is 8.04. The van der Waals surface area contributed by atoms with Crippen LogP contribution in [0.3, 0.4) is 0 Å². The SMILES string of the molecule is COc1ccc(-n2c(C)cc(C=C(C#N)C(=O)Nc3nc(S(=O)(=O)CC(C)C)ns3)c2C)cc1. The number of hydrogen-bond donors (Lipinski definition) is 1. The molecule has 0 spiro atoms. The standard InChI is InChI=1S/C23H25N5O4S2/c1-14(2)13-34(30,31)23-26-22(33-27-23)25-21(29)18(12-24)11-17-10-15(3)28(16(17)4)19-6-8-20(32-5)9-7-19/h6-11,14H,13H2,1-5H3,(H,25,26,27,29). The third-order valence-electron chi connectivity index (χ3n) is 4.92. The van der Waals surface area contributed by atoms with E-state index in [0.717, 1.165) is 34.4 Å². The summed E-state index contributed by atoms with van der Waals surface area (Å²) in [6.45, 7) is 7.39. The highest BCUT2D eigenvalue weighted by Gasteiger charge is 2.23. The number of aryl methyl sites for hydroxylation is 1. The molecule has 0 aliphatic carbocycles. The van der Waals surface area contributed by atoms with Crippen LogP contribution in [0, 0.1) is 31.1 Å². The topological polar surface area (TPSA) is 127 Å². The van der Waals surface area contributed by atoms with E-state index < -0.39 is 15.7 Å². The average Bonchev–Trinajstić information content (AvgIpc) is 3.35. The summed E-state index contributed by atoms with van der Waals surface area (Å²) < 4.78 is 35.7. The molecule has 178 valence electrons. The van der Waals surface area contributed by atoms with Crippen LogP contribution in [-0.4, -0.2) is 41.1 Å². The Balaban J connectivity index is 1.84. The average molecular weight is 500 g/mol. The van der Waals surface area contributed by atoms with Gasteiger partial charge in [-0.2, -0.15) is 14.6 Å². The van der Waals surface area contributed by atoms with Gasteiger partial charge in [0.25, 0.3) is 11.1 Å². The van der Waals surface area contributed by atoms with E-state index in [1.54, 1.807) is 21.0 Å². The molecule has 0 radical (unpaired) electrons. The van der Waals surface area contributed by atoms with Gasteiger partial charge in [-0.3, -0.25) is 10.1 Å². The molecule has 1 amide bonds. The van der Waals surface area contributed by atoms with Crippen LogP contribution < -0.4 is 10.1 Å². The lowest BCUT2D eigenvalue weighted by Gasteiger charge is -2.10. The maximum absolute atomic E-state index is 12.7. The summed E-state index contributed by atoms with van der Waals surface area (Å²) in [5, 5.41) is 11.7. The first-order valence-corrected chi connectivity index (χ1v) is 12.8. The zero-order valence-electron chi connectivity index (χ0n) is 19.5. The van der Waals surface area contributed by atoms with Gasteiger partial charge < -0.3 is 9.30 Å². The maximum Gasteiger partial charge on any atom is 0.268 e. The highest BCUT2D eigenvalue weighted by molar-refractivity contribution is 7.91. The normalized spacial score (nSPS) is 12.0. The number of nitrogens with one attached hydrogen (secondary N) is 1. The summed E-state index contributed by atoms with van der Waals surface area (Å²) in [7, 11) is -2.04. The third-order valence-corrected chi connectivity index (χ3v) is 7.52. The first-order chi connectivity index (χ1) is 16.1. The largest absolute Gasteiger partial charge is 0.497 e. The fraction of sp³-hybridized carbons (Fsp3) is 0.304. The highest BCUT2D eigenvalue weighted by atomic mass is 32.2. The number of nitriles is 1. The van der Waals surface area contributed by atoms with Crippen molar-refractivity contribution in [2.45, 2.75) is 32.9 Å². The van der Waals surface area contributed by atoms with Crippen molar-refractivity contribution in [2.75, 3.05) is 18.2 Å². The van der Waals surface area contributed by atoms with Crippen molar-refractivity contribution in [3.63, 3.8) is 0 Å². The van der Waals surface area contributed by atoms with Gasteiger partial charge in [-0.25, -0.2) is 8.42 Å². The van der Waals surface area contributed by atoms with Gasteiger partial charge in [0.1, 0.15) is 17.4 Å². The van der Waals surface area contributed by atoms with Gasteiger partial charge in [-0.15, -0.1) is 0 Å². The lowest BCUT2D eigenvalue weighted by atomic mass is 10.1. The van der Waals surface area contributed by atoms with Crippen LogP contribution >= 0.6 is 11.5 Å². The fourth-order valence-electron chi connectivity index (χ4n) is 3.43. The van der Waals surface area contributed by atoms with Crippen molar-refractivity contribution in [2.24, 2.45) is 5.92 Å². The minimum absolute atomic E-state index is 0.0113. The number of carbonyl (C=O) groups excluding carboxylic acids is 1. The predicted molar refractivity (Wildman–Crippen MR) is 131 cm³/mol. The maximum atomic E-state index is 12.7. The van der Waals surface area contributed by atoms with Gasteiger partial charge in [-0.1, -0.05) is 13.8 Å². The van der Waals surface area contributed by atoms with Gasteiger partial charge in [-0.05, 0) is 61.7 Å². The smallest absolute Gasteiger partial charge is 0.268 e. The Kier molecular flexibility index (Phi) is 7.54. The number of sulfone groups is 1. The van der Waals surface area contributed by atoms with E-state index in [1.165, 1.54) is 6.08 Å². The Bertz CT molecular complexity index is 1380. The number of amides is 1. The number of nitrogens with zero attached hydrogens (tertiary/aromatic N) is 4. The minimum atomic E-state index is -3.64. The van der Waals surface area contributed by atoms with Crippen molar-refractivity contribution in [3.8, 4) is 17.5 Å². The van der Waals surface area contributed by atoms with Crippen LogP contribution in [0.2, 0.25) is 0 Å². The lowest BCUT2D eigenvalue weighted by molar-refractivity contribution is -0.112. The molecule has 0 aliphatic heterocycles. The molecule has 0 atom stereocenters. The molecular weight excluding hydrogens is 474 g/mol.